The van der Waals surface area contributed by atoms with Crippen LogP contribution in [0.25, 0.3) is 0 Å². The SMILES string of the molecule is Cl.O=C(Nc1ccc(Cn2cccn2)cc1)C1CCNC1. The Labute approximate surface area is 130 Å². The monoisotopic (exact) mass is 306 g/mol. The summed E-state index contributed by atoms with van der Waals surface area (Å²) in [5.41, 5.74) is 2.01. The molecular formula is C15H19ClN4O. The lowest BCUT2D eigenvalue weighted by Crippen LogP contribution is -2.24. The first kappa shape index (κ1) is 15.5. The largest absolute Gasteiger partial charge is 0.326 e. The molecule has 3 rings (SSSR count). The predicted molar refractivity (Wildman–Crippen MR) is 84.6 cm³/mol. The molecule has 0 bridgehead atoms. The van der Waals surface area contributed by atoms with E-state index in [-0.39, 0.29) is 24.2 Å². The number of hydrogen-bond donors (Lipinski definition) is 2. The van der Waals surface area contributed by atoms with Gasteiger partial charge < -0.3 is 10.6 Å². The zero-order chi connectivity index (χ0) is 13.8. The Morgan fingerprint density at radius 3 is 2.81 bits per heavy atom. The molecule has 0 spiro atoms. The summed E-state index contributed by atoms with van der Waals surface area (Å²) in [5, 5.41) is 10.3. The van der Waals surface area contributed by atoms with Gasteiger partial charge in [0.1, 0.15) is 0 Å². The lowest BCUT2D eigenvalue weighted by atomic mass is 10.1. The van der Waals surface area contributed by atoms with Gasteiger partial charge in [0.2, 0.25) is 5.91 Å². The lowest BCUT2D eigenvalue weighted by Gasteiger charge is -2.10. The van der Waals surface area contributed by atoms with E-state index in [4.69, 9.17) is 0 Å². The topological polar surface area (TPSA) is 59.0 Å². The fourth-order valence-corrected chi connectivity index (χ4v) is 2.40. The highest BCUT2D eigenvalue weighted by molar-refractivity contribution is 5.92. The highest BCUT2D eigenvalue weighted by Crippen LogP contribution is 2.14. The van der Waals surface area contributed by atoms with Crippen LogP contribution in [0.2, 0.25) is 0 Å². The first-order valence-corrected chi connectivity index (χ1v) is 6.89. The van der Waals surface area contributed by atoms with E-state index in [1.54, 1.807) is 6.20 Å². The summed E-state index contributed by atoms with van der Waals surface area (Å²) in [4.78, 5) is 12.0. The molecule has 2 aromatic rings. The summed E-state index contributed by atoms with van der Waals surface area (Å²) in [6.45, 7) is 2.46. The second kappa shape index (κ2) is 7.24. The van der Waals surface area contributed by atoms with Gasteiger partial charge in [0.25, 0.3) is 0 Å². The Morgan fingerprint density at radius 2 is 2.19 bits per heavy atom. The number of benzene rings is 1. The number of carbonyl (C=O) groups excluding carboxylic acids is 1. The molecule has 0 radical (unpaired) electrons. The molecule has 0 saturated carbocycles. The number of nitrogens with zero attached hydrogens (tertiary/aromatic N) is 2. The molecule has 1 saturated heterocycles. The van der Waals surface area contributed by atoms with Crippen molar-refractivity contribution in [1.82, 2.24) is 15.1 Å². The number of anilines is 1. The van der Waals surface area contributed by atoms with Gasteiger partial charge in [-0.3, -0.25) is 9.48 Å². The fourth-order valence-electron chi connectivity index (χ4n) is 2.40. The van der Waals surface area contributed by atoms with E-state index in [0.717, 1.165) is 37.3 Å². The van der Waals surface area contributed by atoms with Crippen molar-refractivity contribution in [2.45, 2.75) is 13.0 Å². The standard InChI is InChI=1S/C15H18N4O.ClH/c20-15(13-6-8-16-10-13)18-14-4-2-12(3-5-14)11-19-9-1-7-17-19;/h1-5,7,9,13,16H,6,8,10-11H2,(H,18,20);1H. The molecule has 1 unspecified atom stereocenters. The van der Waals surface area contributed by atoms with Crippen molar-refractivity contribution in [3.05, 3.63) is 48.3 Å². The number of aromatic nitrogens is 2. The van der Waals surface area contributed by atoms with Crippen LogP contribution in [0.15, 0.2) is 42.7 Å². The maximum atomic E-state index is 12.0. The van der Waals surface area contributed by atoms with Crippen molar-refractivity contribution in [3.8, 4) is 0 Å². The van der Waals surface area contributed by atoms with E-state index in [2.05, 4.69) is 15.7 Å². The Balaban J connectivity index is 0.00000161. The van der Waals surface area contributed by atoms with Gasteiger partial charge in [0, 0.05) is 24.6 Å². The van der Waals surface area contributed by atoms with Gasteiger partial charge in [-0.15, -0.1) is 12.4 Å². The molecule has 2 heterocycles. The second-order valence-corrected chi connectivity index (χ2v) is 5.08. The molecule has 1 amide bonds. The quantitative estimate of drug-likeness (QED) is 0.907. The predicted octanol–water partition coefficient (Wildman–Crippen LogP) is 1.90. The maximum Gasteiger partial charge on any atom is 0.228 e. The number of hydrogen-bond acceptors (Lipinski definition) is 3. The third kappa shape index (κ3) is 4.06. The lowest BCUT2D eigenvalue weighted by molar-refractivity contribution is -0.119. The summed E-state index contributed by atoms with van der Waals surface area (Å²) in [7, 11) is 0. The molecule has 1 aromatic carbocycles. The molecule has 1 aromatic heterocycles. The van der Waals surface area contributed by atoms with Crippen molar-refractivity contribution in [2.75, 3.05) is 18.4 Å². The minimum Gasteiger partial charge on any atom is -0.326 e. The summed E-state index contributed by atoms with van der Waals surface area (Å²) in [5.74, 6) is 0.202. The van der Waals surface area contributed by atoms with Crippen molar-refractivity contribution in [1.29, 1.82) is 0 Å². The van der Waals surface area contributed by atoms with Gasteiger partial charge >= 0.3 is 0 Å². The molecular weight excluding hydrogens is 288 g/mol. The van der Waals surface area contributed by atoms with E-state index >= 15 is 0 Å². The third-order valence-corrected chi connectivity index (χ3v) is 3.56. The minimum absolute atomic E-state index is 0. The first-order valence-electron chi connectivity index (χ1n) is 6.89. The number of rotatable bonds is 4. The van der Waals surface area contributed by atoms with Crippen LogP contribution < -0.4 is 10.6 Å². The van der Waals surface area contributed by atoms with Gasteiger partial charge in [-0.25, -0.2) is 0 Å². The van der Waals surface area contributed by atoms with Crippen LogP contribution in [0.4, 0.5) is 5.69 Å². The van der Waals surface area contributed by atoms with Gasteiger partial charge in [-0.1, -0.05) is 12.1 Å². The average Bonchev–Trinajstić information content (AvgIpc) is 3.13. The molecule has 21 heavy (non-hydrogen) atoms. The number of halogens is 1. The first-order chi connectivity index (χ1) is 9.81. The van der Waals surface area contributed by atoms with E-state index in [1.807, 2.05) is 41.2 Å². The average molecular weight is 307 g/mol. The normalized spacial score (nSPS) is 17.2. The molecule has 1 atom stereocenters. The molecule has 5 nitrogen and oxygen atoms in total. The molecule has 1 aliphatic rings. The zero-order valence-corrected chi connectivity index (χ0v) is 12.5. The van der Waals surface area contributed by atoms with Crippen LogP contribution in [0, 0.1) is 5.92 Å². The van der Waals surface area contributed by atoms with Crippen molar-refractivity contribution in [3.63, 3.8) is 0 Å². The summed E-state index contributed by atoms with van der Waals surface area (Å²) < 4.78 is 1.87. The molecule has 6 heteroatoms. The van der Waals surface area contributed by atoms with E-state index in [0.29, 0.717) is 0 Å². The van der Waals surface area contributed by atoms with E-state index in [9.17, 15) is 4.79 Å². The highest BCUT2D eigenvalue weighted by Gasteiger charge is 2.22. The van der Waals surface area contributed by atoms with Crippen LogP contribution in [-0.2, 0) is 11.3 Å². The zero-order valence-electron chi connectivity index (χ0n) is 11.7. The van der Waals surface area contributed by atoms with Gasteiger partial charge in [0.15, 0.2) is 0 Å². The second-order valence-electron chi connectivity index (χ2n) is 5.08. The van der Waals surface area contributed by atoms with Gasteiger partial charge in [-0.2, -0.15) is 5.10 Å². The Hall–Kier alpha value is -1.85. The van der Waals surface area contributed by atoms with Crippen LogP contribution in [0.5, 0.6) is 0 Å². The summed E-state index contributed by atoms with van der Waals surface area (Å²) in [6, 6.07) is 9.83. The number of carbonyl (C=O) groups is 1. The van der Waals surface area contributed by atoms with Crippen LogP contribution in [0.3, 0.4) is 0 Å². The third-order valence-electron chi connectivity index (χ3n) is 3.56. The summed E-state index contributed by atoms with van der Waals surface area (Å²) >= 11 is 0. The fraction of sp³-hybridized carbons (Fsp3) is 0.333. The van der Waals surface area contributed by atoms with E-state index < -0.39 is 0 Å². The maximum absolute atomic E-state index is 12.0. The molecule has 1 aliphatic heterocycles. The smallest absolute Gasteiger partial charge is 0.228 e. The van der Waals surface area contributed by atoms with Crippen molar-refractivity contribution >= 4 is 24.0 Å². The number of amides is 1. The van der Waals surface area contributed by atoms with Gasteiger partial charge in [0.05, 0.1) is 12.5 Å². The van der Waals surface area contributed by atoms with Crippen molar-refractivity contribution in [2.24, 2.45) is 5.92 Å². The Bertz CT molecular complexity index is 562. The van der Waals surface area contributed by atoms with Crippen LogP contribution in [0.1, 0.15) is 12.0 Å². The van der Waals surface area contributed by atoms with Crippen LogP contribution in [-0.4, -0.2) is 28.8 Å². The Kier molecular flexibility index (Phi) is 5.36. The van der Waals surface area contributed by atoms with Crippen molar-refractivity contribution < 1.29 is 4.79 Å². The van der Waals surface area contributed by atoms with E-state index in [1.165, 1.54) is 0 Å². The minimum atomic E-state index is 0. The number of nitrogens with one attached hydrogen (secondary N) is 2. The van der Waals surface area contributed by atoms with Crippen LogP contribution >= 0.6 is 12.4 Å². The molecule has 112 valence electrons. The highest BCUT2D eigenvalue weighted by atomic mass is 35.5. The molecule has 1 fully saturated rings. The van der Waals surface area contributed by atoms with Gasteiger partial charge in [-0.05, 0) is 36.7 Å². The molecule has 2 N–H and O–H groups in total. The summed E-state index contributed by atoms with van der Waals surface area (Å²) in [6.07, 6.45) is 4.62. The Morgan fingerprint density at radius 1 is 1.38 bits per heavy atom. The molecule has 0 aliphatic carbocycles.